The van der Waals surface area contributed by atoms with Crippen molar-refractivity contribution in [3.8, 4) is 11.5 Å². The van der Waals surface area contributed by atoms with Gasteiger partial charge in [-0.2, -0.15) is 0 Å². The van der Waals surface area contributed by atoms with E-state index < -0.39 is 11.7 Å². The monoisotopic (exact) mass is 413 g/mol. The molecule has 146 valence electrons. The molecule has 2 aromatic carbocycles. The first-order valence-corrected chi connectivity index (χ1v) is 9.23. The molecule has 0 aromatic heterocycles. The molecule has 5 N–H and O–H groups in total. The summed E-state index contributed by atoms with van der Waals surface area (Å²) in [6, 6.07) is 7.25. The molecule has 0 saturated carbocycles. The van der Waals surface area contributed by atoms with Crippen LogP contribution in [-0.4, -0.2) is 11.9 Å². The van der Waals surface area contributed by atoms with E-state index in [-0.39, 0.29) is 29.3 Å². The minimum Gasteiger partial charge on any atom is -0.453 e. The van der Waals surface area contributed by atoms with Gasteiger partial charge in [0.1, 0.15) is 5.75 Å². The molecular formula is C19H22Cl2FN3O2. The molecule has 0 radical (unpaired) electrons. The van der Waals surface area contributed by atoms with Crippen molar-refractivity contribution in [2.45, 2.75) is 38.8 Å². The Morgan fingerprint density at radius 3 is 2.56 bits per heavy atom. The van der Waals surface area contributed by atoms with Gasteiger partial charge in [-0.05, 0) is 31.5 Å². The van der Waals surface area contributed by atoms with Crippen molar-refractivity contribution in [2.75, 3.05) is 5.73 Å². The van der Waals surface area contributed by atoms with Crippen LogP contribution in [0, 0.1) is 5.82 Å². The van der Waals surface area contributed by atoms with Gasteiger partial charge in [0.2, 0.25) is 5.91 Å². The molecule has 0 bridgehead atoms. The predicted molar refractivity (Wildman–Crippen MR) is 107 cm³/mol. The second kappa shape index (κ2) is 9.26. The van der Waals surface area contributed by atoms with E-state index >= 15 is 4.39 Å². The van der Waals surface area contributed by atoms with Crippen molar-refractivity contribution in [3.05, 3.63) is 51.8 Å². The number of ether oxygens (including phenoxy) is 1. The molecule has 0 saturated heterocycles. The Labute approximate surface area is 167 Å². The van der Waals surface area contributed by atoms with E-state index in [0.29, 0.717) is 28.4 Å². The quantitative estimate of drug-likeness (QED) is 0.541. The van der Waals surface area contributed by atoms with Crippen LogP contribution in [0.5, 0.6) is 11.5 Å². The number of benzene rings is 2. The molecule has 0 aliphatic carbocycles. The van der Waals surface area contributed by atoms with Gasteiger partial charge in [0.25, 0.3) is 0 Å². The fourth-order valence-corrected chi connectivity index (χ4v) is 3.09. The number of hydrogen-bond acceptors (Lipinski definition) is 4. The smallest absolute Gasteiger partial charge is 0.218 e. The Hall–Kier alpha value is -2.02. The number of anilines is 1. The Morgan fingerprint density at radius 2 is 1.96 bits per heavy atom. The van der Waals surface area contributed by atoms with Crippen LogP contribution < -0.4 is 21.5 Å². The van der Waals surface area contributed by atoms with Crippen LogP contribution in [0.25, 0.3) is 0 Å². The molecule has 5 nitrogen and oxygen atoms in total. The molecule has 0 unspecified atom stereocenters. The topological polar surface area (TPSA) is 90.4 Å². The van der Waals surface area contributed by atoms with E-state index in [1.165, 1.54) is 6.07 Å². The number of nitrogens with two attached hydrogens (primary N) is 2. The van der Waals surface area contributed by atoms with Crippen LogP contribution in [-0.2, 0) is 4.79 Å². The second-order valence-electron chi connectivity index (χ2n) is 6.26. The lowest BCUT2D eigenvalue weighted by Crippen LogP contribution is -2.34. The molecule has 0 aliphatic heterocycles. The Bertz CT molecular complexity index is 833. The predicted octanol–water partition coefficient (Wildman–Crippen LogP) is 4.81. The highest BCUT2D eigenvalue weighted by Crippen LogP contribution is 2.37. The molecule has 8 heteroatoms. The Morgan fingerprint density at radius 1 is 1.26 bits per heavy atom. The zero-order valence-electron chi connectivity index (χ0n) is 15.1. The van der Waals surface area contributed by atoms with E-state index in [4.69, 9.17) is 39.4 Å². The van der Waals surface area contributed by atoms with Gasteiger partial charge in [-0.3, -0.25) is 4.79 Å². The lowest BCUT2D eigenvalue weighted by atomic mass is 10.0. The zero-order valence-corrected chi connectivity index (χ0v) is 16.6. The highest BCUT2D eigenvalue weighted by Gasteiger charge is 2.22. The summed E-state index contributed by atoms with van der Waals surface area (Å²) in [5.74, 6) is -0.792. The van der Waals surface area contributed by atoms with Gasteiger partial charge in [0.05, 0.1) is 15.7 Å². The van der Waals surface area contributed by atoms with E-state index in [0.717, 1.165) is 0 Å². The van der Waals surface area contributed by atoms with Gasteiger partial charge >= 0.3 is 0 Å². The molecule has 27 heavy (non-hydrogen) atoms. The minimum atomic E-state index is -0.582. The molecule has 0 fully saturated rings. The second-order valence-corrected chi connectivity index (χ2v) is 7.08. The summed E-state index contributed by atoms with van der Waals surface area (Å²) in [5, 5.41) is 3.63. The summed E-state index contributed by atoms with van der Waals surface area (Å²) in [5.41, 5.74) is 11.7. The third-order valence-corrected chi connectivity index (χ3v) is 4.67. The van der Waals surface area contributed by atoms with Gasteiger partial charge < -0.3 is 21.5 Å². The van der Waals surface area contributed by atoms with Crippen LogP contribution in [0.15, 0.2) is 30.3 Å². The van der Waals surface area contributed by atoms with Crippen molar-refractivity contribution in [3.63, 3.8) is 0 Å². The lowest BCUT2D eigenvalue weighted by Gasteiger charge is -2.23. The maximum Gasteiger partial charge on any atom is 0.218 e. The number of nitrogen functional groups attached to an aromatic ring is 1. The molecule has 2 aromatic rings. The highest BCUT2D eigenvalue weighted by atomic mass is 35.5. The van der Waals surface area contributed by atoms with Crippen LogP contribution >= 0.6 is 23.2 Å². The maximum absolute atomic E-state index is 15.2. The average Bonchev–Trinajstić information content (AvgIpc) is 2.59. The summed E-state index contributed by atoms with van der Waals surface area (Å²) >= 11 is 12.1. The van der Waals surface area contributed by atoms with Crippen molar-refractivity contribution >= 4 is 34.8 Å². The van der Waals surface area contributed by atoms with Crippen molar-refractivity contribution in [1.29, 1.82) is 0 Å². The van der Waals surface area contributed by atoms with E-state index in [1.54, 1.807) is 24.3 Å². The van der Waals surface area contributed by atoms with Crippen LogP contribution in [0.2, 0.25) is 10.0 Å². The van der Waals surface area contributed by atoms with Gasteiger partial charge in [0, 0.05) is 30.1 Å². The Kier molecular flexibility index (Phi) is 7.30. The maximum atomic E-state index is 15.2. The highest BCUT2D eigenvalue weighted by molar-refractivity contribution is 6.33. The number of primary amides is 1. The largest absolute Gasteiger partial charge is 0.453 e. The van der Waals surface area contributed by atoms with Gasteiger partial charge in [-0.15, -0.1) is 0 Å². The molecule has 0 aliphatic rings. The number of carbonyl (C=O) groups is 1. The van der Waals surface area contributed by atoms with Crippen molar-refractivity contribution in [1.82, 2.24) is 5.32 Å². The summed E-state index contributed by atoms with van der Waals surface area (Å²) in [7, 11) is 0. The molecule has 2 atom stereocenters. The standard InChI is InChI=1S/C19H22Cl2FN3O2/c1-3-16(25-10(2)8-17(24)26)12-5-6-13(20)19(18(12)22)27-11-4-7-15(23)14(21)9-11/h4-7,9-10,16,25H,3,8,23H2,1-2H3,(H2,24,26)/t10-,16-/m1/s1. The number of nitrogens with one attached hydrogen (secondary N) is 1. The normalized spacial score (nSPS) is 13.2. The number of amides is 1. The SMILES string of the molecule is CC[C@@H](N[C@H](C)CC(N)=O)c1ccc(Cl)c(Oc2ccc(N)c(Cl)c2)c1F. The number of carbonyl (C=O) groups excluding carboxylic acids is 1. The van der Waals surface area contributed by atoms with Gasteiger partial charge in [-0.1, -0.05) is 36.2 Å². The fraction of sp³-hybridized carbons (Fsp3) is 0.316. The number of halogens is 3. The molecule has 0 heterocycles. The molecule has 0 spiro atoms. The third kappa shape index (κ3) is 5.48. The molecule has 1 amide bonds. The zero-order chi connectivity index (χ0) is 20.1. The van der Waals surface area contributed by atoms with Crippen LogP contribution in [0.4, 0.5) is 10.1 Å². The Balaban J connectivity index is 2.32. The van der Waals surface area contributed by atoms with Gasteiger partial charge in [0.15, 0.2) is 11.6 Å². The summed E-state index contributed by atoms with van der Waals surface area (Å²) in [6.07, 6.45) is 0.744. The average molecular weight is 414 g/mol. The fourth-order valence-electron chi connectivity index (χ4n) is 2.73. The number of hydrogen-bond donors (Lipinski definition) is 3. The van der Waals surface area contributed by atoms with E-state index in [2.05, 4.69) is 5.32 Å². The summed E-state index contributed by atoms with van der Waals surface area (Å²) in [6.45, 7) is 3.72. The molecule has 2 rings (SSSR count). The summed E-state index contributed by atoms with van der Waals surface area (Å²) < 4.78 is 20.8. The first-order chi connectivity index (χ1) is 12.7. The van der Waals surface area contributed by atoms with Crippen molar-refractivity contribution in [2.24, 2.45) is 5.73 Å². The third-order valence-electron chi connectivity index (χ3n) is 4.05. The van der Waals surface area contributed by atoms with E-state index in [9.17, 15) is 4.79 Å². The first kappa shape index (κ1) is 21.3. The number of rotatable bonds is 8. The van der Waals surface area contributed by atoms with Crippen LogP contribution in [0.1, 0.15) is 38.3 Å². The lowest BCUT2D eigenvalue weighted by molar-refractivity contribution is -0.118. The molecular weight excluding hydrogens is 392 g/mol. The van der Waals surface area contributed by atoms with Gasteiger partial charge in [-0.25, -0.2) is 4.39 Å². The van der Waals surface area contributed by atoms with E-state index in [1.807, 2.05) is 13.8 Å². The van der Waals surface area contributed by atoms with Crippen molar-refractivity contribution < 1.29 is 13.9 Å². The van der Waals surface area contributed by atoms with Crippen LogP contribution in [0.3, 0.4) is 0 Å². The first-order valence-electron chi connectivity index (χ1n) is 8.48. The minimum absolute atomic E-state index is 0.0993. The summed E-state index contributed by atoms with van der Waals surface area (Å²) in [4.78, 5) is 11.1.